The van der Waals surface area contributed by atoms with Crippen molar-refractivity contribution in [2.24, 2.45) is 5.92 Å². The maximum absolute atomic E-state index is 12.7. The maximum Gasteiger partial charge on any atom is 0.306 e. The molecule has 0 amide bonds. The first-order valence-electron chi connectivity index (χ1n) is 23.9. The van der Waals surface area contributed by atoms with Gasteiger partial charge in [0.15, 0.2) is 6.10 Å². The van der Waals surface area contributed by atoms with E-state index in [4.69, 9.17) is 14.2 Å². The van der Waals surface area contributed by atoms with Crippen LogP contribution in [0.4, 0.5) is 0 Å². The standard InChI is InChI=1S/C48H92O6/c1-5-8-10-12-14-16-18-19-20-21-23-27-31-35-39-46(49)52-42-45(54-48(51)41-37-33-29-22-17-15-13-11-9-6-2)43-53-47(50)40-36-32-28-25-24-26-30-34-38-44(4)7-3/h44-45H,5-43H2,1-4H3/t44?,45-/m1/s1. The quantitative estimate of drug-likeness (QED) is 0.0349. The van der Waals surface area contributed by atoms with E-state index in [0.717, 1.165) is 63.7 Å². The Hall–Kier alpha value is -1.59. The fraction of sp³-hybridized carbons (Fsp3) is 0.938. The lowest BCUT2D eigenvalue weighted by atomic mass is 9.99. The van der Waals surface area contributed by atoms with Crippen LogP contribution in [0.3, 0.4) is 0 Å². The highest BCUT2D eigenvalue weighted by Gasteiger charge is 2.19. The summed E-state index contributed by atoms with van der Waals surface area (Å²) in [5, 5.41) is 0. The van der Waals surface area contributed by atoms with Crippen molar-refractivity contribution in [1.29, 1.82) is 0 Å². The van der Waals surface area contributed by atoms with Crippen molar-refractivity contribution in [1.82, 2.24) is 0 Å². The molecule has 1 unspecified atom stereocenters. The Bertz CT molecular complexity index is 813. The molecule has 0 fully saturated rings. The van der Waals surface area contributed by atoms with Crippen LogP contribution < -0.4 is 0 Å². The molecule has 0 bridgehead atoms. The van der Waals surface area contributed by atoms with Gasteiger partial charge in [-0.2, -0.15) is 0 Å². The molecule has 0 N–H and O–H groups in total. The summed E-state index contributed by atoms with van der Waals surface area (Å²) < 4.78 is 16.7. The van der Waals surface area contributed by atoms with Gasteiger partial charge in [-0.15, -0.1) is 0 Å². The number of hydrogen-bond donors (Lipinski definition) is 0. The number of esters is 3. The number of rotatable bonds is 43. The van der Waals surface area contributed by atoms with Crippen LogP contribution in [-0.2, 0) is 28.6 Å². The van der Waals surface area contributed by atoms with Crippen LogP contribution in [0.5, 0.6) is 0 Å². The number of carbonyl (C=O) groups excluding carboxylic acids is 3. The molecule has 0 aromatic rings. The zero-order valence-corrected chi connectivity index (χ0v) is 36.7. The van der Waals surface area contributed by atoms with Crippen LogP contribution in [-0.4, -0.2) is 37.2 Å². The third kappa shape index (κ3) is 40.1. The van der Waals surface area contributed by atoms with Crippen LogP contribution in [0.2, 0.25) is 0 Å². The minimum absolute atomic E-state index is 0.0636. The molecule has 320 valence electrons. The molecule has 0 aromatic carbocycles. The SMILES string of the molecule is CCCCCCCCCCCCCCCCC(=O)OC[C@H](COC(=O)CCCCCCCCCCC(C)CC)OC(=O)CCCCCCCCCCCC. The van der Waals surface area contributed by atoms with Crippen molar-refractivity contribution in [3.63, 3.8) is 0 Å². The molecular weight excluding hydrogens is 673 g/mol. The number of unbranched alkanes of at least 4 members (excludes halogenated alkanes) is 29. The van der Waals surface area contributed by atoms with Gasteiger partial charge in [0.25, 0.3) is 0 Å². The molecular formula is C48H92O6. The zero-order valence-electron chi connectivity index (χ0n) is 36.7. The molecule has 0 rings (SSSR count). The average molecular weight is 765 g/mol. The van der Waals surface area contributed by atoms with E-state index in [-0.39, 0.29) is 31.1 Å². The Morgan fingerprint density at radius 3 is 0.963 bits per heavy atom. The largest absolute Gasteiger partial charge is 0.462 e. The van der Waals surface area contributed by atoms with Gasteiger partial charge in [0.05, 0.1) is 0 Å². The molecule has 0 aliphatic rings. The molecule has 0 aliphatic carbocycles. The minimum atomic E-state index is -0.759. The summed E-state index contributed by atoms with van der Waals surface area (Å²) >= 11 is 0. The predicted octanol–water partition coefficient (Wildman–Crippen LogP) is 15.1. The first-order chi connectivity index (χ1) is 26.4. The Morgan fingerprint density at radius 1 is 0.370 bits per heavy atom. The molecule has 0 saturated heterocycles. The second-order valence-electron chi connectivity index (χ2n) is 16.6. The van der Waals surface area contributed by atoms with Gasteiger partial charge >= 0.3 is 17.9 Å². The topological polar surface area (TPSA) is 78.9 Å². The number of carbonyl (C=O) groups is 3. The lowest BCUT2D eigenvalue weighted by molar-refractivity contribution is -0.167. The van der Waals surface area contributed by atoms with E-state index in [0.29, 0.717) is 19.3 Å². The van der Waals surface area contributed by atoms with Gasteiger partial charge in [0, 0.05) is 19.3 Å². The fourth-order valence-corrected chi connectivity index (χ4v) is 7.12. The Labute approximate surface area is 336 Å². The van der Waals surface area contributed by atoms with E-state index in [1.54, 1.807) is 0 Å². The van der Waals surface area contributed by atoms with Gasteiger partial charge in [0.2, 0.25) is 0 Å². The summed E-state index contributed by atoms with van der Waals surface area (Å²) in [7, 11) is 0. The summed E-state index contributed by atoms with van der Waals surface area (Å²) in [5.74, 6) is -0.00491. The van der Waals surface area contributed by atoms with Crippen molar-refractivity contribution >= 4 is 17.9 Å². The Morgan fingerprint density at radius 2 is 0.648 bits per heavy atom. The normalized spacial score (nSPS) is 12.4. The molecule has 2 atom stereocenters. The van der Waals surface area contributed by atoms with Gasteiger partial charge in [-0.1, -0.05) is 227 Å². The molecule has 0 spiro atoms. The minimum Gasteiger partial charge on any atom is -0.462 e. The second-order valence-corrected chi connectivity index (χ2v) is 16.6. The molecule has 6 nitrogen and oxygen atoms in total. The van der Waals surface area contributed by atoms with E-state index in [1.807, 2.05) is 0 Å². The second kappa shape index (κ2) is 42.6. The lowest BCUT2D eigenvalue weighted by Gasteiger charge is -2.18. The van der Waals surface area contributed by atoms with Gasteiger partial charge in [-0.3, -0.25) is 14.4 Å². The highest BCUT2D eigenvalue weighted by atomic mass is 16.6. The smallest absolute Gasteiger partial charge is 0.306 e. The predicted molar refractivity (Wildman–Crippen MR) is 229 cm³/mol. The van der Waals surface area contributed by atoms with Crippen LogP contribution in [0.15, 0.2) is 0 Å². The first kappa shape index (κ1) is 52.4. The summed E-state index contributed by atoms with van der Waals surface area (Å²) in [6.07, 6.45) is 42.2. The van der Waals surface area contributed by atoms with E-state index < -0.39 is 6.10 Å². The molecule has 54 heavy (non-hydrogen) atoms. The van der Waals surface area contributed by atoms with Crippen LogP contribution >= 0.6 is 0 Å². The Balaban J connectivity index is 4.31. The summed E-state index contributed by atoms with van der Waals surface area (Å²) in [6, 6.07) is 0. The first-order valence-corrected chi connectivity index (χ1v) is 23.9. The van der Waals surface area contributed by atoms with Crippen molar-refractivity contribution in [3.8, 4) is 0 Å². The highest BCUT2D eigenvalue weighted by Crippen LogP contribution is 2.17. The van der Waals surface area contributed by atoms with Gasteiger partial charge in [0.1, 0.15) is 13.2 Å². The Kier molecular flexibility index (Phi) is 41.3. The summed E-state index contributed by atoms with van der Waals surface area (Å²) in [5.41, 5.74) is 0. The van der Waals surface area contributed by atoms with E-state index in [2.05, 4.69) is 27.7 Å². The zero-order chi connectivity index (χ0) is 39.6. The van der Waals surface area contributed by atoms with Crippen LogP contribution in [0, 0.1) is 5.92 Å². The highest BCUT2D eigenvalue weighted by molar-refractivity contribution is 5.71. The van der Waals surface area contributed by atoms with E-state index in [1.165, 1.54) is 161 Å². The lowest BCUT2D eigenvalue weighted by Crippen LogP contribution is -2.30. The van der Waals surface area contributed by atoms with Crippen molar-refractivity contribution < 1.29 is 28.6 Å². The molecule has 0 heterocycles. The number of hydrogen-bond acceptors (Lipinski definition) is 6. The fourth-order valence-electron chi connectivity index (χ4n) is 7.12. The van der Waals surface area contributed by atoms with Crippen LogP contribution in [0.1, 0.15) is 265 Å². The third-order valence-corrected chi connectivity index (χ3v) is 11.2. The van der Waals surface area contributed by atoms with Gasteiger partial charge in [-0.25, -0.2) is 0 Å². The molecule has 0 aromatic heterocycles. The van der Waals surface area contributed by atoms with Gasteiger partial charge in [-0.05, 0) is 25.2 Å². The summed E-state index contributed by atoms with van der Waals surface area (Å²) in [6.45, 7) is 9.00. The van der Waals surface area contributed by atoms with E-state index >= 15 is 0 Å². The van der Waals surface area contributed by atoms with E-state index in [9.17, 15) is 14.4 Å². The van der Waals surface area contributed by atoms with Gasteiger partial charge < -0.3 is 14.2 Å². The molecule has 0 saturated carbocycles. The average Bonchev–Trinajstić information content (AvgIpc) is 3.17. The van der Waals surface area contributed by atoms with Crippen molar-refractivity contribution in [2.75, 3.05) is 13.2 Å². The van der Waals surface area contributed by atoms with Crippen molar-refractivity contribution in [3.05, 3.63) is 0 Å². The number of ether oxygens (including phenoxy) is 3. The third-order valence-electron chi connectivity index (χ3n) is 11.2. The van der Waals surface area contributed by atoms with Crippen LogP contribution in [0.25, 0.3) is 0 Å². The van der Waals surface area contributed by atoms with Crippen molar-refractivity contribution in [2.45, 2.75) is 271 Å². The monoisotopic (exact) mass is 765 g/mol. The molecule has 0 radical (unpaired) electrons. The molecule has 6 heteroatoms. The summed E-state index contributed by atoms with van der Waals surface area (Å²) in [4.78, 5) is 37.7. The maximum atomic E-state index is 12.7. The molecule has 0 aliphatic heterocycles.